The van der Waals surface area contributed by atoms with Crippen LogP contribution in [0.5, 0.6) is 0 Å². The smallest absolute Gasteiger partial charge is 0.317 e. The molecule has 1 aliphatic heterocycles. The van der Waals surface area contributed by atoms with Crippen LogP contribution >= 0.6 is 0 Å². The second kappa shape index (κ2) is 14.2. The number of rotatable bonds is 7. The van der Waals surface area contributed by atoms with Crippen LogP contribution in [0.1, 0.15) is 64.8 Å². The third-order valence-electron chi connectivity index (χ3n) is 8.26. The van der Waals surface area contributed by atoms with Crippen molar-refractivity contribution in [2.75, 3.05) is 43.4 Å². The molecule has 4 amide bonds. The highest BCUT2D eigenvalue weighted by Gasteiger charge is 2.26. The highest BCUT2D eigenvalue weighted by molar-refractivity contribution is 6.06. The Morgan fingerprint density at radius 1 is 0.860 bits per heavy atom. The van der Waals surface area contributed by atoms with Gasteiger partial charge in [-0.05, 0) is 67.3 Å². The first kappa shape index (κ1) is 30.1. The predicted molar refractivity (Wildman–Crippen MR) is 167 cm³/mol. The van der Waals surface area contributed by atoms with Crippen molar-refractivity contribution in [3.05, 3.63) is 95.3 Å². The first-order valence-corrected chi connectivity index (χ1v) is 15.2. The molecule has 3 aromatic rings. The number of carbonyl (C=O) groups is 3. The van der Waals surface area contributed by atoms with Crippen LogP contribution in [0, 0.1) is 5.82 Å². The standard InChI is InChI=1S/C34H40FN5O3/c1-38(24-25-9-4-2-5-10-25)33(42)30-23-29(36-32(41)26-13-15-27(35)16-14-26)17-18-31(30)39-19-8-20-40(22-21-39)34(43)37-28-11-6-3-7-12-28/h2,4-5,9-10,13-18,23,28H,3,6-8,11-12,19-22,24H2,1H3,(H,36,41)(H,37,43). The fraction of sp³-hybridized carbons (Fsp3) is 0.382. The fourth-order valence-corrected chi connectivity index (χ4v) is 5.87. The van der Waals surface area contributed by atoms with Crippen molar-refractivity contribution in [1.82, 2.24) is 15.1 Å². The van der Waals surface area contributed by atoms with Gasteiger partial charge >= 0.3 is 6.03 Å². The molecule has 2 aliphatic rings. The summed E-state index contributed by atoms with van der Waals surface area (Å²) in [6.07, 6.45) is 6.41. The molecule has 8 nitrogen and oxygen atoms in total. The summed E-state index contributed by atoms with van der Waals surface area (Å²) in [6.45, 7) is 2.91. The van der Waals surface area contributed by atoms with Gasteiger partial charge in [0.25, 0.3) is 11.8 Å². The van der Waals surface area contributed by atoms with Gasteiger partial charge < -0.3 is 25.3 Å². The van der Waals surface area contributed by atoms with Crippen molar-refractivity contribution in [2.45, 2.75) is 51.1 Å². The lowest BCUT2D eigenvalue weighted by atomic mass is 9.96. The number of anilines is 2. The number of halogens is 1. The Labute approximate surface area is 252 Å². The molecular formula is C34H40FN5O3. The molecule has 1 heterocycles. The molecule has 1 aliphatic carbocycles. The zero-order valence-electron chi connectivity index (χ0n) is 24.7. The van der Waals surface area contributed by atoms with Gasteiger partial charge in [0.2, 0.25) is 0 Å². The molecule has 43 heavy (non-hydrogen) atoms. The molecule has 0 aromatic heterocycles. The molecule has 1 saturated carbocycles. The monoisotopic (exact) mass is 585 g/mol. The SMILES string of the molecule is CN(Cc1ccccc1)C(=O)c1cc(NC(=O)c2ccc(F)cc2)ccc1N1CCCN(C(=O)NC2CCCCC2)CC1. The lowest BCUT2D eigenvalue weighted by molar-refractivity contribution is 0.0785. The van der Waals surface area contributed by atoms with Gasteiger partial charge in [-0.1, -0.05) is 49.6 Å². The number of benzene rings is 3. The van der Waals surface area contributed by atoms with Crippen LogP contribution in [0.15, 0.2) is 72.8 Å². The average molecular weight is 586 g/mol. The molecule has 0 spiro atoms. The maximum absolute atomic E-state index is 13.9. The summed E-state index contributed by atoms with van der Waals surface area (Å²) in [7, 11) is 1.77. The summed E-state index contributed by atoms with van der Waals surface area (Å²) < 4.78 is 13.4. The molecule has 2 fully saturated rings. The van der Waals surface area contributed by atoms with Gasteiger partial charge in [0, 0.05) is 62.8 Å². The van der Waals surface area contributed by atoms with Crippen molar-refractivity contribution in [1.29, 1.82) is 0 Å². The quantitative estimate of drug-likeness (QED) is 0.361. The van der Waals surface area contributed by atoms with Gasteiger partial charge in [0.15, 0.2) is 0 Å². The van der Waals surface area contributed by atoms with E-state index in [1.807, 2.05) is 41.3 Å². The van der Waals surface area contributed by atoms with E-state index in [1.54, 1.807) is 24.1 Å². The second-order valence-corrected chi connectivity index (χ2v) is 11.5. The maximum atomic E-state index is 13.9. The van der Waals surface area contributed by atoms with E-state index in [4.69, 9.17) is 0 Å². The molecule has 0 bridgehead atoms. The van der Waals surface area contributed by atoms with Gasteiger partial charge in [-0.15, -0.1) is 0 Å². The van der Waals surface area contributed by atoms with E-state index in [-0.39, 0.29) is 18.0 Å². The summed E-state index contributed by atoms with van der Waals surface area (Å²) in [6, 6.07) is 20.7. The maximum Gasteiger partial charge on any atom is 0.317 e. The molecule has 3 aromatic carbocycles. The first-order valence-electron chi connectivity index (χ1n) is 15.2. The second-order valence-electron chi connectivity index (χ2n) is 11.5. The van der Waals surface area contributed by atoms with Crippen LogP contribution in [0.25, 0.3) is 0 Å². The molecule has 0 atom stereocenters. The number of urea groups is 1. The highest BCUT2D eigenvalue weighted by atomic mass is 19.1. The molecule has 9 heteroatoms. The van der Waals surface area contributed by atoms with Crippen LogP contribution in [0.3, 0.4) is 0 Å². The van der Waals surface area contributed by atoms with E-state index in [0.29, 0.717) is 49.5 Å². The van der Waals surface area contributed by atoms with Crippen molar-refractivity contribution in [3.8, 4) is 0 Å². The Bertz CT molecular complexity index is 1410. The van der Waals surface area contributed by atoms with Crippen LogP contribution in [0.2, 0.25) is 0 Å². The molecular weight excluding hydrogens is 545 g/mol. The van der Waals surface area contributed by atoms with E-state index in [0.717, 1.165) is 43.4 Å². The third-order valence-corrected chi connectivity index (χ3v) is 8.26. The molecule has 5 rings (SSSR count). The van der Waals surface area contributed by atoms with Gasteiger partial charge in [0.05, 0.1) is 5.56 Å². The lowest BCUT2D eigenvalue weighted by Gasteiger charge is -2.29. The molecule has 226 valence electrons. The minimum absolute atomic E-state index is 0.00787. The summed E-state index contributed by atoms with van der Waals surface area (Å²) in [5.41, 5.74) is 3.03. The van der Waals surface area contributed by atoms with Gasteiger partial charge in [-0.2, -0.15) is 0 Å². The summed E-state index contributed by atoms with van der Waals surface area (Å²) >= 11 is 0. The molecule has 0 unspecified atom stereocenters. The van der Waals surface area contributed by atoms with E-state index >= 15 is 0 Å². The Hall–Kier alpha value is -4.40. The first-order chi connectivity index (χ1) is 20.9. The Morgan fingerprint density at radius 2 is 1.60 bits per heavy atom. The van der Waals surface area contributed by atoms with Crippen LogP contribution in [0.4, 0.5) is 20.6 Å². The molecule has 1 saturated heterocycles. The largest absolute Gasteiger partial charge is 0.369 e. The van der Waals surface area contributed by atoms with Crippen molar-refractivity contribution in [2.24, 2.45) is 0 Å². The minimum atomic E-state index is -0.419. The zero-order chi connectivity index (χ0) is 30.2. The summed E-state index contributed by atoms with van der Waals surface area (Å²) in [4.78, 5) is 45.5. The number of nitrogens with zero attached hydrogens (tertiary/aromatic N) is 3. The number of nitrogens with one attached hydrogen (secondary N) is 2. The van der Waals surface area contributed by atoms with Crippen molar-refractivity contribution in [3.63, 3.8) is 0 Å². The van der Waals surface area contributed by atoms with Crippen LogP contribution in [-0.2, 0) is 6.54 Å². The van der Waals surface area contributed by atoms with Crippen LogP contribution in [-0.4, -0.2) is 66.9 Å². The normalized spacial score (nSPS) is 15.9. The van der Waals surface area contributed by atoms with E-state index in [9.17, 15) is 18.8 Å². The van der Waals surface area contributed by atoms with Gasteiger partial charge in [-0.25, -0.2) is 9.18 Å². The third kappa shape index (κ3) is 7.91. The predicted octanol–water partition coefficient (Wildman–Crippen LogP) is 5.90. The summed E-state index contributed by atoms with van der Waals surface area (Å²) in [5, 5.41) is 6.08. The number of hydrogen-bond acceptors (Lipinski definition) is 4. The Balaban J connectivity index is 1.35. The van der Waals surface area contributed by atoms with Crippen molar-refractivity contribution >= 4 is 29.2 Å². The Kier molecular flexibility index (Phi) is 9.92. The van der Waals surface area contributed by atoms with E-state index in [2.05, 4.69) is 15.5 Å². The zero-order valence-corrected chi connectivity index (χ0v) is 24.7. The van der Waals surface area contributed by atoms with E-state index < -0.39 is 11.7 Å². The number of hydrogen-bond donors (Lipinski definition) is 2. The topological polar surface area (TPSA) is 85.0 Å². The fourth-order valence-electron chi connectivity index (χ4n) is 5.87. The average Bonchev–Trinajstić information content (AvgIpc) is 3.28. The lowest BCUT2D eigenvalue weighted by Crippen LogP contribution is -2.46. The van der Waals surface area contributed by atoms with Gasteiger partial charge in [0.1, 0.15) is 5.82 Å². The molecule has 0 radical (unpaired) electrons. The highest BCUT2D eigenvalue weighted by Crippen LogP contribution is 2.28. The Morgan fingerprint density at radius 3 is 2.35 bits per heavy atom. The molecule has 2 N–H and O–H groups in total. The summed E-state index contributed by atoms with van der Waals surface area (Å²) in [5.74, 6) is -0.983. The van der Waals surface area contributed by atoms with Crippen LogP contribution < -0.4 is 15.5 Å². The number of amides is 4. The number of carbonyl (C=O) groups excluding carboxylic acids is 3. The minimum Gasteiger partial charge on any atom is -0.369 e. The van der Waals surface area contributed by atoms with Gasteiger partial charge in [-0.3, -0.25) is 9.59 Å². The van der Waals surface area contributed by atoms with Crippen molar-refractivity contribution < 1.29 is 18.8 Å². The van der Waals surface area contributed by atoms with E-state index in [1.165, 1.54) is 30.7 Å².